The number of imidazole rings is 1. The van der Waals surface area contributed by atoms with Crippen LogP contribution in [-0.2, 0) is 35.4 Å². The number of aromatic amines is 1. The van der Waals surface area contributed by atoms with Gasteiger partial charge < -0.3 is 25.6 Å². The van der Waals surface area contributed by atoms with Crippen molar-refractivity contribution in [3.05, 3.63) is 28.6 Å². The number of anilines is 2. The van der Waals surface area contributed by atoms with Crippen molar-refractivity contribution in [3.63, 3.8) is 0 Å². The zero-order chi connectivity index (χ0) is 27.3. The molecule has 0 aliphatic carbocycles. The summed E-state index contributed by atoms with van der Waals surface area (Å²) < 4.78 is 34.3. The Hall–Kier alpha value is -3.23. The highest BCUT2D eigenvalue weighted by atomic mass is 32.5. The molecule has 208 valence electrons. The first-order chi connectivity index (χ1) is 18.7. The Kier molecular flexibility index (Phi) is 6.71. The number of aromatic nitrogens is 9. The second-order valence-electron chi connectivity index (χ2n) is 8.70. The van der Waals surface area contributed by atoms with Crippen molar-refractivity contribution in [3.8, 4) is 0 Å². The van der Waals surface area contributed by atoms with Crippen LogP contribution in [0, 0.1) is 5.92 Å². The van der Waals surface area contributed by atoms with Crippen molar-refractivity contribution in [1.82, 2.24) is 44.5 Å². The fourth-order valence-corrected chi connectivity index (χ4v) is 5.65. The zero-order valence-electron chi connectivity index (χ0n) is 19.7. The lowest BCUT2D eigenvalue weighted by atomic mass is 9.95. The average Bonchev–Trinajstić information content (AvgIpc) is 3.59. The van der Waals surface area contributed by atoms with E-state index in [2.05, 4.69) is 35.3 Å². The lowest BCUT2D eigenvalue weighted by molar-refractivity contribution is -0.370. The van der Waals surface area contributed by atoms with E-state index in [4.69, 9.17) is 46.8 Å². The molecule has 0 radical (unpaired) electrons. The summed E-state index contributed by atoms with van der Waals surface area (Å²) in [6.07, 6.45) is -1.52. The number of nitrogens with one attached hydrogen (secondary N) is 1. The van der Waals surface area contributed by atoms with Crippen molar-refractivity contribution < 1.29 is 32.8 Å². The predicted octanol–water partition coefficient (Wildman–Crippen LogP) is -0.341. The molecule has 6 N–H and O–H groups in total. The highest BCUT2D eigenvalue weighted by Crippen LogP contribution is 2.49. The number of nitrogen functional groups attached to an aromatic ring is 2. The molecule has 4 aromatic rings. The maximum atomic E-state index is 15.3. The summed E-state index contributed by atoms with van der Waals surface area (Å²) in [6.45, 7) is -4.37. The Balaban J connectivity index is 1.24. The summed E-state index contributed by atoms with van der Waals surface area (Å²) in [7, 11) is 0. The largest absolute Gasteiger partial charge is 0.381 e. The van der Waals surface area contributed by atoms with Crippen LogP contribution in [0.25, 0.3) is 16.8 Å². The molecule has 2 fully saturated rings. The van der Waals surface area contributed by atoms with E-state index < -0.39 is 37.1 Å². The maximum absolute atomic E-state index is 15.3. The average molecular weight is 585 g/mol. The summed E-state index contributed by atoms with van der Waals surface area (Å²) in [6, 6.07) is 0. The van der Waals surface area contributed by atoms with E-state index in [0.717, 1.165) is 4.68 Å². The molecule has 0 aromatic carbocycles. The van der Waals surface area contributed by atoms with Crippen molar-refractivity contribution in [2.45, 2.75) is 37.6 Å². The molecule has 18 nitrogen and oxygen atoms in total. The molecular weight excluding hydrogens is 564 g/mol. The van der Waals surface area contributed by atoms with E-state index in [1.54, 1.807) is 6.20 Å². The Morgan fingerprint density at radius 3 is 2.97 bits per heavy atom. The fraction of sp³-hybridized carbons (Fsp3) is 0.500. The number of nitrogens with two attached hydrogens (primary N) is 2. The molecule has 6 heterocycles. The van der Waals surface area contributed by atoms with Crippen LogP contribution < -0.4 is 17.0 Å². The van der Waals surface area contributed by atoms with Crippen molar-refractivity contribution in [2.24, 2.45) is 5.92 Å². The van der Waals surface area contributed by atoms with Crippen LogP contribution in [0.3, 0.4) is 0 Å². The first kappa shape index (κ1) is 26.0. The number of halogens is 1. The van der Waals surface area contributed by atoms with Crippen LogP contribution in [0.2, 0.25) is 0 Å². The van der Waals surface area contributed by atoms with Crippen LogP contribution in [0.5, 0.6) is 0 Å². The van der Waals surface area contributed by atoms with Crippen molar-refractivity contribution in [1.29, 1.82) is 0 Å². The van der Waals surface area contributed by atoms with Crippen LogP contribution >= 0.6 is 6.72 Å². The number of ether oxygens (including phenoxy) is 1. The van der Waals surface area contributed by atoms with Gasteiger partial charge in [-0.25, -0.2) is 28.6 Å². The van der Waals surface area contributed by atoms with Gasteiger partial charge in [0.25, 0.3) is 11.9 Å². The van der Waals surface area contributed by atoms with Gasteiger partial charge in [0, 0.05) is 0 Å². The van der Waals surface area contributed by atoms with Crippen LogP contribution in [0.15, 0.2) is 17.3 Å². The van der Waals surface area contributed by atoms with Crippen LogP contribution in [0.4, 0.5) is 16.2 Å². The normalized spacial score (nSPS) is 30.7. The highest BCUT2D eigenvalue weighted by molar-refractivity contribution is 8.07. The van der Waals surface area contributed by atoms with Gasteiger partial charge >= 0.3 is 6.72 Å². The third kappa shape index (κ3) is 4.96. The van der Waals surface area contributed by atoms with E-state index in [-0.39, 0.29) is 42.1 Å². The summed E-state index contributed by atoms with van der Waals surface area (Å²) >= 11 is 5.02. The van der Waals surface area contributed by atoms with Crippen LogP contribution in [-0.4, -0.2) is 75.1 Å². The van der Waals surface area contributed by atoms with Gasteiger partial charge in [0.2, 0.25) is 12.2 Å². The van der Waals surface area contributed by atoms with E-state index in [1.165, 1.54) is 10.8 Å². The number of H-pyrrole nitrogens is 1. The number of hydrogen-bond donors (Lipinski definition) is 4. The molecule has 6 atom stereocenters. The molecule has 0 amide bonds. The smallest absolute Gasteiger partial charge is 0.327 e. The van der Waals surface area contributed by atoms with Gasteiger partial charge in [0.05, 0.1) is 31.2 Å². The topological polar surface area (TPSA) is 238 Å². The van der Waals surface area contributed by atoms with Crippen molar-refractivity contribution in [2.75, 3.05) is 24.7 Å². The minimum absolute atomic E-state index is 0.00119. The summed E-state index contributed by atoms with van der Waals surface area (Å²) in [5.41, 5.74) is 11.4. The molecular formula is C18H21FN11O7PS. The van der Waals surface area contributed by atoms with E-state index in [0.29, 0.717) is 24.2 Å². The Bertz CT molecular complexity index is 1630. The van der Waals surface area contributed by atoms with Gasteiger partial charge in [0.1, 0.15) is 12.4 Å². The number of rotatable bonds is 2. The third-order valence-electron chi connectivity index (χ3n) is 6.26. The Morgan fingerprint density at radius 2 is 2.13 bits per heavy atom. The highest BCUT2D eigenvalue weighted by Gasteiger charge is 2.41. The fourth-order valence-electron chi connectivity index (χ4n) is 4.46. The van der Waals surface area contributed by atoms with Gasteiger partial charge in [-0.2, -0.15) is 14.8 Å². The molecule has 2 saturated heterocycles. The molecule has 0 bridgehead atoms. The lowest BCUT2D eigenvalue weighted by Gasteiger charge is -2.27. The SMILES string of the molecule is Nc1nc2c(nnn2[C@@H]2OOCC[C@H]3C[C@H](c4cnc5c(N)ncnn45)O[C@@H]3COP(O)(=S)O[C@@H]2F)c(=O)[nH]1. The molecule has 4 aromatic heterocycles. The monoisotopic (exact) mass is 585 g/mol. The standard InChI is InChI=1S/C18H21FN11O7PS/c19-12-17(30-14-11(27-28-30)16(31)26-18(21)25-14)36-33-2-1-7-3-9(35-10(7)5-34-38(32,39)37-12)8-4-22-15-13(20)23-6-24-29(8)15/h4,6-7,9-10,12,17H,1-3,5H2,(H,32,39)(H2,20,23,24)(H3,21,25,26,31)/t7-,9+,10+,12-,17+,38?/m0/s1. The number of nitrogens with zero attached hydrogens (tertiary/aromatic N) is 8. The molecule has 2 aliphatic rings. The number of hydrogen-bond acceptors (Lipinski definition) is 15. The maximum Gasteiger partial charge on any atom is 0.327 e. The van der Waals surface area contributed by atoms with E-state index in [1.807, 2.05) is 0 Å². The molecule has 2 aliphatic heterocycles. The lowest BCUT2D eigenvalue weighted by Crippen LogP contribution is -2.30. The van der Waals surface area contributed by atoms with E-state index in [9.17, 15) is 9.69 Å². The molecule has 0 spiro atoms. The van der Waals surface area contributed by atoms with Gasteiger partial charge in [-0.3, -0.25) is 14.3 Å². The minimum Gasteiger partial charge on any atom is -0.381 e. The Labute approximate surface area is 221 Å². The molecule has 21 heteroatoms. The van der Waals surface area contributed by atoms with Gasteiger partial charge in [0.15, 0.2) is 22.6 Å². The van der Waals surface area contributed by atoms with Gasteiger partial charge in [-0.05, 0) is 30.6 Å². The van der Waals surface area contributed by atoms with Crippen LogP contribution in [0.1, 0.15) is 30.9 Å². The minimum atomic E-state index is -4.17. The van der Waals surface area contributed by atoms with Gasteiger partial charge in [-0.15, -0.1) is 5.10 Å². The zero-order valence-corrected chi connectivity index (χ0v) is 21.4. The summed E-state index contributed by atoms with van der Waals surface area (Å²) in [5, 5.41) is 11.6. The van der Waals surface area contributed by atoms with Crippen molar-refractivity contribution >= 4 is 47.1 Å². The third-order valence-corrected chi connectivity index (χ3v) is 7.78. The van der Waals surface area contributed by atoms with Gasteiger partial charge in [-0.1, -0.05) is 5.21 Å². The quantitative estimate of drug-likeness (QED) is 0.174. The summed E-state index contributed by atoms with van der Waals surface area (Å²) in [4.78, 5) is 47.6. The summed E-state index contributed by atoms with van der Waals surface area (Å²) in [5.74, 6) is -0.214. The molecule has 1 unspecified atom stereocenters. The number of alkyl halides is 1. The molecule has 6 rings (SSSR count). The van der Waals surface area contributed by atoms with E-state index >= 15 is 4.39 Å². The first-order valence-corrected chi connectivity index (χ1v) is 14.1. The predicted molar refractivity (Wildman–Crippen MR) is 130 cm³/mol. The molecule has 39 heavy (non-hydrogen) atoms. The second-order valence-corrected chi connectivity index (χ2v) is 11.5. The molecule has 0 saturated carbocycles. The first-order valence-electron chi connectivity index (χ1n) is 11.5. The number of fused-ring (bicyclic) bond motifs is 3. The Morgan fingerprint density at radius 1 is 1.28 bits per heavy atom. The second kappa shape index (κ2) is 10.1.